The van der Waals surface area contributed by atoms with E-state index < -0.39 is 18.5 Å². The van der Waals surface area contributed by atoms with E-state index in [9.17, 15) is 9.59 Å². The molecule has 7 heteroatoms. The zero-order valence-corrected chi connectivity index (χ0v) is 16.9. The Morgan fingerprint density at radius 3 is 2.46 bits per heavy atom. The molecule has 2 rings (SSSR count). The fourth-order valence-electron chi connectivity index (χ4n) is 2.71. The van der Waals surface area contributed by atoms with Gasteiger partial charge >= 0.3 is 5.97 Å². The van der Waals surface area contributed by atoms with Crippen LogP contribution in [0.2, 0.25) is 0 Å². The summed E-state index contributed by atoms with van der Waals surface area (Å²) in [5, 5.41) is 11.4. The van der Waals surface area contributed by atoms with Crippen molar-refractivity contribution in [1.82, 2.24) is 0 Å². The van der Waals surface area contributed by atoms with Crippen LogP contribution in [0, 0.1) is 32.1 Å². The van der Waals surface area contributed by atoms with Crippen molar-refractivity contribution in [3.05, 3.63) is 53.1 Å². The van der Waals surface area contributed by atoms with Gasteiger partial charge in [-0.2, -0.15) is 5.26 Å². The molecule has 0 radical (unpaired) electrons. The summed E-state index contributed by atoms with van der Waals surface area (Å²) in [4.78, 5) is 24.7. The van der Waals surface area contributed by atoms with Crippen molar-refractivity contribution in [2.45, 2.75) is 25.7 Å². The quantitative estimate of drug-likeness (QED) is 0.538. The number of esters is 1. The Morgan fingerprint density at radius 1 is 1.11 bits per heavy atom. The van der Waals surface area contributed by atoms with Gasteiger partial charge in [-0.3, -0.25) is 4.79 Å². The minimum Gasteiger partial charge on any atom is -0.481 e. The number of nitriles is 1. The summed E-state index contributed by atoms with van der Waals surface area (Å²) in [5.41, 5.74) is 3.57. The number of benzene rings is 2. The van der Waals surface area contributed by atoms with Gasteiger partial charge < -0.3 is 14.8 Å². The Labute approximate surface area is 168 Å². The summed E-state index contributed by atoms with van der Waals surface area (Å²) in [5.74, 6) is -0.157. The summed E-state index contributed by atoms with van der Waals surface area (Å²) >= 11 is 1.32. The normalized spacial score (nSPS) is 10.1. The van der Waals surface area contributed by atoms with Gasteiger partial charge in [-0.25, -0.2) is 4.79 Å². The minimum atomic E-state index is -0.623. The third kappa shape index (κ3) is 6.32. The summed E-state index contributed by atoms with van der Waals surface area (Å²) in [6, 6.07) is 13.1. The van der Waals surface area contributed by atoms with E-state index in [1.54, 1.807) is 12.1 Å². The van der Waals surface area contributed by atoms with Crippen LogP contribution >= 0.6 is 11.8 Å². The molecule has 0 aliphatic carbocycles. The zero-order chi connectivity index (χ0) is 20.5. The van der Waals surface area contributed by atoms with Crippen LogP contribution in [0.15, 0.2) is 41.3 Å². The molecule has 146 valence electrons. The number of nitrogens with one attached hydrogen (secondary N) is 1. The van der Waals surface area contributed by atoms with Crippen LogP contribution in [0.1, 0.15) is 16.7 Å². The summed E-state index contributed by atoms with van der Waals surface area (Å²) in [7, 11) is 0. The number of carbonyl (C=O) groups excluding carboxylic acids is 2. The summed E-state index contributed by atoms with van der Waals surface area (Å²) in [6.45, 7) is 5.14. The second kappa shape index (κ2) is 10.4. The Morgan fingerprint density at radius 2 is 1.79 bits per heavy atom. The van der Waals surface area contributed by atoms with Crippen molar-refractivity contribution >= 4 is 29.3 Å². The largest absolute Gasteiger partial charge is 0.481 e. The molecule has 0 unspecified atom stereocenters. The second-order valence-corrected chi connectivity index (χ2v) is 7.19. The molecule has 0 aromatic heterocycles. The molecular formula is C21H22N2O4S. The van der Waals surface area contributed by atoms with Crippen LogP contribution in [-0.4, -0.2) is 30.8 Å². The molecule has 6 nitrogen and oxygen atoms in total. The minimum absolute atomic E-state index is 0.271. The number of ether oxygens (including phenoxy) is 2. The standard InChI is InChI=1S/C21H22N2O4S/c1-14-10-15(2)21(16(3)11-14)27-13-20(25)26-12-19(24)23-17-6-4-5-7-18(17)28-9-8-22/h4-7,10-11H,9,12-13H2,1-3H3,(H,23,24). The third-order valence-corrected chi connectivity index (χ3v) is 4.70. The highest BCUT2D eigenvalue weighted by Crippen LogP contribution is 2.26. The number of hydrogen-bond donors (Lipinski definition) is 1. The second-order valence-electron chi connectivity index (χ2n) is 6.17. The first kappa shape index (κ1) is 21.3. The van der Waals surface area contributed by atoms with E-state index >= 15 is 0 Å². The molecule has 0 aliphatic heterocycles. The van der Waals surface area contributed by atoms with E-state index in [1.807, 2.05) is 51.1 Å². The van der Waals surface area contributed by atoms with Gasteiger partial charge in [-0.1, -0.05) is 29.8 Å². The third-order valence-electron chi connectivity index (χ3n) is 3.76. The SMILES string of the molecule is Cc1cc(C)c(OCC(=O)OCC(=O)Nc2ccccc2SCC#N)c(C)c1. The molecule has 0 bridgehead atoms. The van der Waals surface area contributed by atoms with Gasteiger partial charge in [0.1, 0.15) is 5.75 Å². The molecule has 0 fully saturated rings. The maximum absolute atomic E-state index is 12.1. The molecule has 2 aromatic rings. The van der Waals surface area contributed by atoms with Crippen LogP contribution in [0.25, 0.3) is 0 Å². The predicted molar refractivity (Wildman–Crippen MR) is 109 cm³/mol. The number of thioether (sulfide) groups is 1. The number of rotatable bonds is 8. The van der Waals surface area contributed by atoms with E-state index in [1.165, 1.54) is 11.8 Å². The first-order valence-electron chi connectivity index (χ1n) is 8.65. The molecule has 0 heterocycles. The molecule has 1 N–H and O–H groups in total. The molecule has 0 atom stereocenters. The highest BCUT2D eigenvalue weighted by Gasteiger charge is 2.12. The monoisotopic (exact) mass is 398 g/mol. The molecule has 0 saturated heterocycles. The Kier molecular flexibility index (Phi) is 7.90. The first-order valence-corrected chi connectivity index (χ1v) is 9.64. The van der Waals surface area contributed by atoms with Crippen LogP contribution in [0.4, 0.5) is 5.69 Å². The van der Waals surface area contributed by atoms with Gasteiger partial charge in [0.05, 0.1) is 17.5 Å². The fourth-order valence-corrected chi connectivity index (χ4v) is 3.37. The van der Waals surface area contributed by atoms with E-state index in [0.717, 1.165) is 21.6 Å². The molecule has 28 heavy (non-hydrogen) atoms. The lowest BCUT2D eigenvalue weighted by Crippen LogP contribution is -2.24. The van der Waals surface area contributed by atoms with E-state index in [2.05, 4.69) is 5.32 Å². The Hall–Kier alpha value is -2.98. The van der Waals surface area contributed by atoms with Crippen molar-refractivity contribution in [2.75, 3.05) is 24.3 Å². The Bertz CT molecular complexity index is 883. The van der Waals surface area contributed by atoms with Crippen LogP contribution in [0.5, 0.6) is 5.75 Å². The lowest BCUT2D eigenvalue weighted by atomic mass is 10.1. The average molecular weight is 398 g/mol. The Balaban J connectivity index is 1.83. The highest BCUT2D eigenvalue weighted by atomic mass is 32.2. The van der Waals surface area contributed by atoms with Gasteiger partial charge in [0.15, 0.2) is 13.2 Å². The molecular weight excluding hydrogens is 376 g/mol. The maximum Gasteiger partial charge on any atom is 0.344 e. The van der Waals surface area contributed by atoms with Gasteiger partial charge in [-0.15, -0.1) is 11.8 Å². The first-order chi connectivity index (χ1) is 13.4. The molecule has 0 saturated carbocycles. The van der Waals surface area contributed by atoms with Gasteiger partial charge in [-0.05, 0) is 44.0 Å². The number of amides is 1. The van der Waals surface area contributed by atoms with Crippen molar-refractivity contribution in [1.29, 1.82) is 5.26 Å². The number of anilines is 1. The zero-order valence-electron chi connectivity index (χ0n) is 16.1. The number of aryl methyl sites for hydroxylation is 3. The van der Waals surface area contributed by atoms with Gasteiger partial charge in [0, 0.05) is 4.90 Å². The fraction of sp³-hybridized carbons (Fsp3) is 0.286. The molecule has 1 amide bonds. The van der Waals surface area contributed by atoms with Gasteiger partial charge in [0.25, 0.3) is 5.91 Å². The lowest BCUT2D eigenvalue weighted by molar-refractivity contribution is -0.149. The highest BCUT2D eigenvalue weighted by molar-refractivity contribution is 7.99. The molecule has 0 aliphatic rings. The van der Waals surface area contributed by atoms with E-state index in [0.29, 0.717) is 11.4 Å². The van der Waals surface area contributed by atoms with Crippen molar-refractivity contribution in [3.63, 3.8) is 0 Å². The van der Waals surface area contributed by atoms with Crippen molar-refractivity contribution in [3.8, 4) is 11.8 Å². The van der Waals surface area contributed by atoms with Crippen LogP contribution in [-0.2, 0) is 14.3 Å². The van der Waals surface area contributed by atoms with Crippen molar-refractivity contribution < 1.29 is 19.1 Å². The number of nitrogens with zero attached hydrogens (tertiary/aromatic N) is 1. The smallest absolute Gasteiger partial charge is 0.344 e. The lowest BCUT2D eigenvalue weighted by Gasteiger charge is -2.13. The average Bonchev–Trinajstić information content (AvgIpc) is 2.65. The van der Waals surface area contributed by atoms with Crippen LogP contribution < -0.4 is 10.1 Å². The number of para-hydroxylation sites is 1. The number of hydrogen-bond acceptors (Lipinski definition) is 6. The number of carbonyl (C=O) groups is 2. The van der Waals surface area contributed by atoms with Crippen molar-refractivity contribution in [2.24, 2.45) is 0 Å². The van der Waals surface area contributed by atoms with Gasteiger partial charge in [0.2, 0.25) is 0 Å². The summed E-state index contributed by atoms with van der Waals surface area (Å²) in [6.07, 6.45) is 0. The van der Waals surface area contributed by atoms with Crippen LogP contribution in [0.3, 0.4) is 0 Å². The molecule has 0 spiro atoms. The van der Waals surface area contributed by atoms with E-state index in [-0.39, 0.29) is 12.4 Å². The maximum atomic E-state index is 12.1. The molecule has 2 aromatic carbocycles. The summed E-state index contributed by atoms with van der Waals surface area (Å²) < 4.78 is 10.5. The van der Waals surface area contributed by atoms with E-state index in [4.69, 9.17) is 14.7 Å². The predicted octanol–water partition coefficient (Wildman–Crippen LogP) is 3.79. The topological polar surface area (TPSA) is 88.4 Å².